The molecule has 0 aromatic heterocycles. The Labute approximate surface area is 107 Å². The molecule has 0 radical (unpaired) electrons. The highest BCUT2D eigenvalue weighted by atomic mass is 16.5. The lowest BCUT2D eigenvalue weighted by Gasteiger charge is -2.15. The quantitative estimate of drug-likeness (QED) is 0.780. The van der Waals surface area contributed by atoms with Crippen molar-refractivity contribution in [3.05, 3.63) is 18.2 Å². The number of methoxy groups -OCH3 is 2. The van der Waals surface area contributed by atoms with E-state index in [-0.39, 0.29) is 12.3 Å². The molecule has 0 saturated heterocycles. The summed E-state index contributed by atoms with van der Waals surface area (Å²) in [5.41, 5.74) is 0.800. The monoisotopic (exact) mass is 253 g/mol. The molecule has 1 rings (SSSR count). The van der Waals surface area contributed by atoms with Crippen molar-refractivity contribution >= 4 is 11.7 Å². The zero-order valence-corrected chi connectivity index (χ0v) is 10.9. The van der Waals surface area contributed by atoms with Crippen molar-refractivity contribution in [2.45, 2.75) is 13.3 Å². The van der Waals surface area contributed by atoms with Crippen LogP contribution in [0.1, 0.15) is 13.3 Å². The molecule has 1 aromatic rings. The molecule has 0 fully saturated rings. The summed E-state index contributed by atoms with van der Waals surface area (Å²) in [6, 6.07) is 5.44. The molecule has 1 atom stereocenters. The zero-order valence-electron chi connectivity index (χ0n) is 10.9. The van der Waals surface area contributed by atoms with Crippen molar-refractivity contribution < 1.29 is 19.4 Å². The van der Waals surface area contributed by atoms with Gasteiger partial charge in [-0.3, -0.25) is 4.79 Å². The second kappa shape index (κ2) is 6.74. The van der Waals surface area contributed by atoms with E-state index in [1.807, 2.05) is 25.1 Å². The molecule has 5 nitrogen and oxygen atoms in total. The smallest absolute Gasteiger partial charge is 0.303 e. The van der Waals surface area contributed by atoms with Crippen LogP contribution in [0.3, 0.4) is 0 Å². The normalized spacial score (nSPS) is 11.7. The Kier molecular flexibility index (Phi) is 5.30. The predicted molar refractivity (Wildman–Crippen MR) is 69.5 cm³/mol. The summed E-state index contributed by atoms with van der Waals surface area (Å²) < 4.78 is 10.4. The van der Waals surface area contributed by atoms with E-state index in [0.29, 0.717) is 12.3 Å². The lowest BCUT2D eigenvalue weighted by Crippen LogP contribution is -2.15. The Bertz CT molecular complexity index is 406. The fraction of sp³-hybridized carbons (Fsp3) is 0.462. The third kappa shape index (κ3) is 4.16. The van der Waals surface area contributed by atoms with Gasteiger partial charge in [-0.15, -0.1) is 0 Å². The van der Waals surface area contributed by atoms with Crippen molar-refractivity contribution in [3.63, 3.8) is 0 Å². The van der Waals surface area contributed by atoms with E-state index in [9.17, 15) is 4.79 Å². The van der Waals surface area contributed by atoms with Gasteiger partial charge in [-0.1, -0.05) is 6.92 Å². The van der Waals surface area contributed by atoms with Crippen LogP contribution in [0.5, 0.6) is 11.5 Å². The molecular weight excluding hydrogens is 234 g/mol. The summed E-state index contributed by atoms with van der Waals surface area (Å²) in [6.07, 6.45) is 0.138. The van der Waals surface area contributed by atoms with Gasteiger partial charge in [0.2, 0.25) is 0 Å². The van der Waals surface area contributed by atoms with E-state index in [1.165, 1.54) is 0 Å². The summed E-state index contributed by atoms with van der Waals surface area (Å²) in [6.45, 7) is 2.45. The highest BCUT2D eigenvalue weighted by molar-refractivity contribution is 5.67. The molecule has 0 spiro atoms. The van der Waals surface area contributed by atoms with Crippen LogP contribution in [-0.4, -0.2) is 31.8 Å². The first-order chi connectivity index (χ1) is 8.56. The Morgan fingerprint density at radius 3 is 2.67 bits per heavy atom. The number of carboxylic acids is 1. The number of rotatable bonds is 7. The Balaban J connectivity index is 2.67. The lowest BCUT2D eigenvalue weighted by molar-refractivity contribution is -0.137. The van der Waals surface area contributed by atoms with Crippen LogP contribution >= 0.6 is 0 Å². The molecule has 0 bridgehead atoms. The minimum atomic E-state index is -0.790. The van der Waals surface area contributed by atoms with E-state index in [1.54, 1.807) is 14.2 Å². The van der Waals surface area contributed by atoms with Crippen molar-refractivity contribution in [2.24, 2.45) is 5.92 Å². The van der Waals surface area contributed by atoms with Gasteiger partial charge in [0.15, 0.2) is 0 Å². The standard InChI is InChI=1S/C13H19NO4/c1-9(6-13(15)16)8-14-11-7-10(17-2)4-5-12(11)18-3/h4-5,7,9,14H,6,8H2,1-3H3,(H,15,16). The van der Waals surface area contributed by atoms with E-state index < -0.39 is 5.97 Å². The first-order valence-corrected chi connectivity index (χ1v) is 5.74. The first kappa shape index (κ1) is 14.2. The topological polar surface area (TPSA) is 67.8 Å². The van der Waals surface area contributed by atoms with Gasteiger partial charge >= 0.3 is 5.97 Å². The van der Waals surface area contributed by atoms with Crippen LogP contribution in [0.25, 0.3) is 0 Å². The van der Waals surface area contributed by atoms with Crippen LogP contribution in [0, 0.1) is 5.92 Å². The van der Waals surface area contributed by atoms with Gasteiger partial charge in [-0.2, -0.15) is 0 Å². The first-order valence-electron chi connectivity index (χ1n) is 5.74. The fourth-order valence-electron chi connectivity index (χ4n) is 1.61. The molecule has 0 aliphatic rings. The van der Waals surface area contributed by atoms with Crippen molar-refractivity contribution in [3.8, 4) is 11.5 Å². The number of hydrogen-bond acceptors (Lipinski definition) is 4. The van der Waals surface area contributed by atoms with Gasteiger partial charge in [0.25, 0.3) is 0 Å². The van der Waals surface area contributed by atoms with Gasteiger partial charge in [0.1, 0.15) is 11.5 Å². The summed E-state index contributed by atoms with van der Waals surface area (Å²) in [7, 11) is 3.19. The molecule has 18 heavy (non-hydrogen) atoms. The molecule has 0 aliphatic heterocycles. The van der Waals surface area contributed by atoms with Crippen LogP contribution in [0.15, 0.2) is 18.2 Å². The van der Waals surface area contributed by atoms with E-state index in [4.69, 9.17) is 14.6 Å². The summed E-state index contributed by atoms with van der Waals surface area (Å²) in [5, 5.41) is 11.9. The molecule has 1 aromatic carbocycles. The number of anilines is 1. The van der Waals surface area contributed by atoms with Crippen LogP contribution < -0.4 is 14.8 Å². The summed E-state index contributed by atoms with van der Waals surface area (Å²) in [5.74, 6) is 0.683. The largest absolute Gasteiger partial charge is 0.497 e. The molecule has 0 saturated carbocycles. The van der Waals surface area contributed by atoms with E-state index >= 15 is 0 Å². The number of benzene rings is 1. The summed E-state index contributed by atoms with van der Waals surface area (Å²) in [4.78, 5) is 10.6. The highest BCUT2D eigenvalue weighted by Crippen LogP contribution is 2.29. The van der Waals surface area contributed by atoms with Crippen molar-refractivity contribution in [1.29, 1.82) is 0 Å². The number of carboxylic acid groups (broad SMARTS) is 1. The van der Waals surface area contributed by atoms with Crippen molar-refractivity contribution in [2.75, 3.05) is 26.1 Å². The molecule has 100 valence electrons. The van der Waals surface area contributed by atoms with Crippen LogP contribution in [0.2, 0.25) is 0 Å². The SMILES string of the molecule is COc1ccc(OC)c(NCC(C)CC(=O)O)c1. The van der Waals surface area contributed by atoms with Crippen molar-refractivity contribution in [1.82, 2.24) is 0 Å². The number of ether oxygens (including phenoxy) is 2. The molecule has 0 amide bonds. The van der Waals surface area contributed by atoms with E-state index in [2.05, 4.69) is 5.32 Å². The van der Waals surface area contributed by atoms with Gasteiger partial charge in [-0.25, -0.2) is 0 Å². The summed E-state index contributed by atoms with van der Waals surface area (Å²) >= 11 is 0. The Morgan fingerprint density at radius 1 is 1.39 bits per heavy atom. The Hall–Kier alpha value is -1.91. The number of hydrogen-bond donors (Lipinski definition) is 2. The highest BCUT2D eigenvalue weighted by Gasteiger charge is 2.09. The molecule has 5 heteroatoms. The molecule has 1 unspecified atom stereocenters. The average Bonchev–Trinajstić information content (AvgIpc) is 2.35. The lowest BCUT2D eigenvalue weighted by atomic mass is 10.1. The third-order valence-corrected chi connectivity index (χ3v) is 2.57. The van der Waals surface area contributed by atoms with Gasteiger partial charge < -0.3 is 19.9 Å². The van der Waals surface area contributed by atoms with E-state index in [0.717, 1.165) is 11.4 Å². The molecule has 0 aliphatic carbocycles. The predicted octanol–water partition coefficient (Wildman–Crippen LogP) is 2.23. The fourth-order valence-corrected chi connectivity index (χ4v) is 1.61. The molecule has 0 heterocycles. The minimum absolute atomic E-state index is 0.0402. The maximum absolute atomic E-state index is 10.6. The van der Waals surface area contributed by atoms with Crippen LogP contribution in [0.4, 0.5) is 5.69 Å². The molecule has 2 N–H and O–H groups in total. The number of aliphatic carboxylic acids is 1. The van der Waals surface area contributed by atoms with Crippen LogP contribution in [-0.2, 0) is 4.79 Å². The minimum Gasteiger partial charge on any atom is -0.497 e. The number of nitrogens with one attached hydrogen (secondary N) is 1. The average molecular weight is 253 g/mol. The maximum atomic E-state index is 10.6. The van der Waals surface area contributed by atoms with Gasteiger partial charge in [0, 0.05) is 19.0 Å². The third-order valence-electron chi connectivity index (χ3n) is 2.57. The number of carbonyl (C=O) groups is 1. The molecular formula is C13H19NO4. The Morgan fingerprint density at radius 2 is 2.11 bits per heavy atom. The zero-order chi connectivity index (χ0) is 13.5. The second-order valence-corrected chi connectivity index (χ2v) is 4.15. The second-order valence-electron chi connectivity index (χ2n) is 4.15. The van der Waals surface area contributed by atoms with Gasteiger partial charge in [0.05, 0.1) is 19.9 Å². The van der Waals surface area contributed by atoms with Gasteiger partial charge in [-0.05, 0) is 18.1 Å². The maximum Gasteiger partial charge on any atom is 0.303 e.